The minimum absolute atomic E-state index is 0.0229. The molecule has 2 heterocycles. The Morgan fingerprint density at radius 3 is 2.64 bits per heavy atom. The van der Waals surface area contributed by atoms with Gasteiger partial charge in [0.15, 0.2) is 5.82 Å². The SMILES string of the molecule is CCC1(C)CC=C(c2ccc(C)c(-c3nccc(C(/C=C/N)=C/C=N\C(=O)OC)n3)c2)C=N1.NC=O. The number of aromatic nitrogens is 2. The molecular formula is C27H32N6O3. The summed E-state index contributed by atoms with van der Waals surface area (Å²) in [6.45, 7) is 6.37. The van der Waals surface area contributed by atoms with Crippen LogP contribution >= 0.6 is 0 Å². The number of nitrogens with two attached hydrogens (primary N) is 2. The van der Waals surface area contributed by atoms with Gasteiger partial charge in [0.05, 0.1) is 18.3 Å². The van der Waals surface area contributed by atoms with Gasteiger partial charge in [0.25, 0.3) is 0 Å². The number of dihydropyridines is 1. The van der Waals surface area contributed by atoms with Crippen LogP contribution in [0.1, 0.15) is 43.5 Å². The number of ether oxygens (including phenoxy) is 1. The number of nitrogens with zero attached hydrogens (tertiary/aromatic N) is 4. The zero-order valence-corrected chi connectivity index (χ0v) is 21.0. The van der Waals surface area contributed by atoms with Crippen LogP contribution in [0.5, 0.6) is 0 Å². The molecule has 1 atom stereocenters. The van der Waals surface area contributed by atoms with E-state index in [9.17, 15) is 4.79 Å². The Kier molecular flexibility index (Phi) is 10.4. The topological polar surface area (TPSA) is 146 Å². The molecule has 36 heavy (non-hydrogen) atoms. The highest BCUT2D eigenvalue weighted by Gasteiger charge is 2.22. The normalized spacial score (nSPS) is 17.4. The molecule has 0 aliphatic carbocycles. The number of carbonyl (C=O) groups is 2. The van der Waals surface area contributed by atoms with Crippen molar-refractivity contribution < 1.29 is 14.3 Å². The number of primary amides is 1. The van der Waals surface area contributed by atoms with Crippen molar-refractivity contribution in [2.75, 3.05) is 7.11 Å². The lowest BCUT2D eigenvalue weighted by Gasteiger charge is -2.25. The molecule has 0 fully saturated rings. The van der Waals surface area contributed by atoms with Crippen LogP contribution in [0.25, 0.3) is 22.5 Å². The molecule has 9 nitrogen and oxygen atoms in total. The number of hydrogen-bond donors (Lipinski definition) is 2. The summed E-state index contributed by atoms with van der Waals surface area (Å²) in [4.78, 5) is 37.5. The maximum absolute atomic E-state index is 11.2. The molecule has 2 aromatic rings. The lowest BCUT2D eigenvalue weighted by Crippen LogP contribution is -2.22. The number of carbonyl (C=O) groups excluding carboxylic acids is 2. The van der Waals surface area contributed by atoms with Crippen molar-refractivity contribution in [1.29, 1.82) is 0 Å². The number of amides is 2. The van der Waals surface area contributed by atoms with Gasteiger partial charge in [-0.15, -0.1) is 0 Å². The molecule has 1 aliphatic rings. The van der Waals surface area contributed by atoms with E-state index in [2.05, 4.69) is 58.6 Å². The van der Waals surface area contributed by atoms with E-state index >= 15 is 0 Å². The molecule has 9 heteroatoms. The van der Waals surface area contributed by atoms with Crippen molar-refractivity contribution in [3.05, 3.63) is 71.7 Å². The third-order valence-corrected chi connectivity index (χ3v) is 5.69. The van der Waals surface area contributed by atoms with E-state index in [4.69, 9.17) is 20.5 Å². The summed E-state index contributed by atoms with van der Waals surface area (Å²) in [7, 11) is 1.27. The van der Waals surface area contributed by atoms with Crippen LogP contribution < -0.4 is 11.5 Å². The van der Waals surface area contributed by atoms with Gasteiger partial charge >= 0.3 is 6.09 Å². The highest BCUT2D eigenvalue weighted by Crippen LogP contribution is 2.30. The number of benzene rings is 1. The van der Waals surface area contributed by atoms with Crippen LogP contribution in [0.2, 0.25) is 0 Å². The van der Waals surface area contributed by atoms with Gasteiger partial charge in [-0.3, -0.25) is 9.79 Å². The predicted molar refractivity (Wildman–Crippen MR) is 144 cm³/mol. The maximum Gasteiger partial charge on any atom is 0.433 e. The molecule has 1 aliphatic heterocycles. The second kappa shape index (κ2) is 13.5. The van der Waals surface area contributed by atoms with Crippen molar-refractivity contribution >= 4 is 36.1 Å². The van der Waals surface area contributed by atoms with Gasteiger partial charge in [0.2, 0.25) is 6.41 Å². The lowest BCUT2D eigenvalue weighted by molar-refractivity contribution is -0.106. The van der Waals surface area contributed by atoms with Crippen LogP contribution in [0.4, 0.5) is 4.79 Å². The smallest absolute Gasteiger partial charge is 0.433 e. The third-order valence-electron chi connectivity index (χ3n) is 5.69. The first-order valence-corrected chi connectivity index (χ1v) is 11.4. The zero-order valence-electron chi connectivity index (χ0n) is 21.0. The molecule has 0 bridgehead atoms. The minimum Gasteiger partial charge on any atom is -0.451 e. The number of allylic oxidation sites excluding steroid dienone is 4. The third kappa shape index (κ3) is 7.56. The molecule has 2 amide bonds. The van der Waals surface area contributed by atoms with Gasteiger partial charge in [-0.1, -0.05) is 25.1 Å². The highest BCUT2D eigenvalue weighted by molar-refractivity contribution is 6.11. The van der Waals surface area contributed by atoms with Crippen molar-refractivity contribution in [1.82, 2.24) is 9.97 Å². The Bertz CT molecular complexity index is 1230. The second-order valence-corrected chi connectivity index (χ2v) is 8.13. The van der Waals surface area contributed by atoms with E-state index in [1.54, 1.807) is 24.4 Å². The Morgan fingerprint density at radius 2 is 2.03 bits per heavy atom. The summed E-state index contributed by atoms with van der Waals surface area (Å²) in [6.07, 6.45) is 13.5. The number of aliphatic imine (C=N–C) groups is 2. The van der Waals surface area contributed by atoms with Gasteiger partial charge in [-0.25, -0.2) is 14.8 Å². The molecule has 4 N–H and O–H groups in total. The second-order valence-electron chi connectivity index (χ2n) is 8.13. The van der Waals surface area contributed by atoms with Crippen LogP contribution in [-0.4, -0.2) is 47.5 Å². The number of aryl methyl sites for hydroxylation is 1. The molecular weight excluding hydrogens is 456 g/mol. The fourth-order valence-corrected chi connectivity index (χ4v) is 3.34. The summed E-state index contributed by atoms with van der Waals surface area (Å²) >= 11 is 0. The Morgan fingerprint density at radius 1 is 1.28 bits per heavy atom. The zero-order chi connectivity index (χ0) is 26.6. The van der Waals surface area contributed by atoms with E-state index in [0.29, 0.717) is 17.1 Å². The Balaban J connectivity index is 0.00000145. The fraction of sp³-hybridized carbons (Fsp3) is 0.259. The predicted octanol–water partition coefficient (Wildman–Crippen LogP) is 4.27. The summed E-state index contributed by atoms with van der Waals surface area (Å²) in [6, 6.07) is 8.05. The molecule has 0 saturated heterocycles. The number of methoxy groups -OCH3 is 1. The maximum atomic E-state index is 11.2. The molecule has 0 radical (unpaired) electrons. The van der Waals surface area contributed by atoms with Crippen LogP contribution in [-0.2, 0) is 9.53 Å². The minimum atomic E-state index is -0.682. The summed E-state index contributed by atoms with van der Waals surface area (Å²) in [5, 5.41) is 0. The Hall–Kier alpha value is -4.40. The standard InChI is InChI=1S/C26H29N5O2.CH3NO/c1-5-26(3)12-8-21(17-30-26)20-7-6-18(2)22(16-20)24-28-15-11-23(31-24)19(9-13-27)10-14-29-25(32)33-4;2-1-3/h6-11,13-17H,5,12,27H2,1-4H3;1H,(H2,2,3)/b13-9+,19-10+,29-14-;. The summed E-state index contributed by atoms with van der Waals surface area (Å²) in [5.41, 5.74) is 15.3. The molecule has 1 aromatic carbocycles. The Labute approximate surface area is 211 Å². The lowest BCUT2D eigenvalue weighted by atomic mass is 9.89. The van der Waals surface area contributed by atoms with Crippen molar-refractivity contribution in [3.8, 4) is 11.4 Å². The largest absolute Gasteiger partial charge is 0.451 e. The molecule has 1 unspecified atom stereocenters. The molecule has 1 aromatic heterocycles. The van der Waals surface area contributed by atoms with E-state index in [-0.39, 0.29) is 11.9 Å². The first-order chi connectivity index (χ1) is 17.3. The quantitative estimate of drug-likeness (QED) is 0.353. The average Bonchev–Trinajstić information content (AvgIpc) is 2.89. The molecule has 3 rings (SSSR count). The van der Waals surface area contributed by atoms with Gasteiger partial charge in [0, 0.05) is 29.8 Å². The fourth-order valence-electron chi connectivity index (χ4n) is 3.34. The van der Waals surface area contributed by atoms with E-state index in [0.717, 1.165) is 35.1 Å². The molecule has 188 valence electrons. The monoisotopic (exact) mass is 488 g/mol. The van der Waals surface area contributed by atoms with Crippen molar-refractivity contribution in [3.63, 3.8) is 0 Å². The van der Waals surface area contributed by atoms with Crippen LogP contribution in [0, 0.1) is 6.92 Å². The van der Waals surface area contributed by atoms with Gasteiger partial charge in [0.1, 0.15) is 0 Å². The van der Waals surface area contributed by atoms with Gasteiger partial charge < -0.3 is 16.2 Å². The summed E-state index contributed by atoms with van der Waals surface area (Å²) in [5.74, 6) is 0.597. The van der Waals surface area contributed by atoms with E-state index < -0.39 is 6.09 Å². The number of hydrogen-bond acceptors (Lipinski definition) is 7. The van der Waals surface area contributed by atoms with Crippen molar-refractivity contribution in [2.24, 2.45) is 21.5 Å². The molecule has 0 spiro atoms. The van der Waals surface area contributed by atoms with Crippen molar-refractivity contribution in [2.45, 2.75) is 39.2 Å². The van der Waals surface area contributed by atoms with E-state index in [1.807, 2.05) is 13.1 Å². The van der Waals surface area contributed by atoms with Crippen LogP contribution in [0.3, 0.4) is 0 Å². The summed E-state index contributed by atoms with van der Waals surface area (Å²) < 4.78 is 4.52. The van der Waals surface area contributed by atoms with Gasteiger partial charge in [-0.05, 0) is 73.9 Å². The van der Waals surface area contributed by atoms with Gasteiger partial charge in [-0.2, -0.15) is 4.99 Å². The van der Waals surface area contributed by atoms with Crippen LogP contribution in [0.15, 0.2) is 64.9 Å². The number of rotatable bonds is 6. The van der Waals surface area contributed by atoms with E-state index in [1.165, 1.54) is 19.5 Å². The first-order valence-electron chi connectivity index (χ1n) is 11.4. The average molecular weight is 489 g/mol. The highest BCUT2D eigenvalue weighted by atomic mass is 16.5. The first kappa shape index (κ1) is 27.8. The molecule has 0 saturated carbocycles.